The van der Waals surface area contributed by atoms with Crippen molar-refractivity contribution in [3.8, 4) is 11.5 Å². The largest absolute Gasteiger partial charge is 0.506 e. The molecule has 5 nitrogen and oxygen atoms in total. The zero-order chi connectivity index (χ0) is 16.3. The Morgan fingerprint density at radius 2 is 1.82 bits per heavy atom. The molecule has 1 heterocycles. The Morgan fingerprint density at radius 3 is 2.41 bits per heavy atom. The van der Waals surface area contributed by atoms with Gasteiger partial charge in [0.05, 0.1) is 6.54 Å². The predicted molar refractivity (Wildman–Crippen MR) is 87.4 cm³/mol. The summed E-state index contributed by atoms with van der Waals surface area (Å²) in [5, 5.41) is 23.0. The second-order valence-electron chi connectivity index (χ2n) is 6.99. The Balaban J connectivity index is 2.13. The Kier molecular flexibility index (Phi) is 4.96. The number of phenolic OH excluding ortho intramolecular Hbond substituents is 2. The second-order valence-corrected chi connectivity index (χ2v) is 6.99. The molecule has 5 heteroatoms. The molecule has 2 rings (SSSR count). The summed E-state index contributed by atoms with van der Waals surface area (Å²) < 4.78 is 0. The molecule has 122 valence electrons. The Morgan fingerprint density at radius 1 is 1.18 bits per heavy atom. The molecule has 0 atom stereocenters. The number of hydrogen-bond acceptors (Lipinski definition) is 4. The Hall–Kier alpha value is -1.75. The van der Waals surface area contributed by atoms with E-state index in [2.05, 4.69) is 10.2 Å². The second kappa shape index (κ2) is 6.57. The molecule has 1 aliphatic heterocycles. The molecule has 1 aliphatic rings. The molecule has 1 amide bonds. The molecule has 1 fully saturated rings. The van der Waals surface area contributed by atoms with E-state index in [-0.39, 0.29) is 28.5 Å². The quantitative estimate of drug-likeness (QED) is 0.751. The molecule has 0 unspecified atom stereocenters. The van der Waals surface area contributed by atoms with Gasteiger partial charge in [-0.3, -0.25) is 9.69 Å². The molecule has 1 aromatic rings. The molecule has 0 bridgehead atoms. The summed E-state index contributed by atoms with van der Waals surface area (Å²) in [6, 6.07) is 3.20. The molecule has 0 saturated carbocycles. The van der Waals surface area contributed by atoms with Gasteiger partial charge in [0.15, 0.2) is 0 Å². The van der Waals surface area contributed by atoms with E-state index >= 15 is 0 Å². The number of nitrogens with one attached hydrogen (secondary N) is 1. The number of aromatic hydroxyl groups is 2. The number of likely N-dealkylation sites (tertiary alicyclic amines) is 1. The maximum atomic E-state index is 12.2. The summed E-state index contributed by atoms with van der Waals surface area (Å²) in [5.41, 5.74) is 0.525. The van der Waals surface area contributed by atoms with Gasteiger partial charge in [-0.05, 0) is 37.4 Å². The van der Waals surface area contributed by atoms with E-state index in [0.29, 0.717) is 12.1 Å². The van der Waals surface area contributed by atoms with Crippen LogP contribution in [-0.2, 0) is 10.2 Å². The number of amides is 1. The normalized spacial score (nSPS) is 16.5. The molecule has 0 spiro atoms. The zero-order valence-electron chi connectivity index (χ0n) is 13.6. The van der Waals surface area contributed by atoms with Crippen molar-refractivity contribution in [1.29, 1.82) is 0 Å². The molecule has 22 heavy (non-hydrogen) atoms. The van der Waals surface area contributed by atoms with Crippen LogP contribution in [0.1, 0.15) is 45.6 Å². The number of anilines is 1. The fraction of sp³-hybridized carbons (Fsp3) is 0.588. The van der Waals surface area contributed by atoms with E-state index in [0.717, 1.165) is 25.9 Å². The smallest absolute Gasteiger partial charge is 0.238 e. The van der Waals surface area contributed by atoms with Crippen LogP contribution in [0.4, 0.5) is 5.69 Å². The molecular weight excluding hydrogens is 280 g/mol. The minimum atomic E-state index is -0.274. The topological polar surface area (TPSA) is 72.8 Å². The first-order chi connectivity index (χ1) is 10.3. The fourth-order valence-electron chi connectivity index (χ4n) is 2.81. The van der Waals surface area contributed by atoms with Gasteiger partial charge in [0.2, 0.25) is 5.91 Å². The van der Waals surface area contributed by atoms with Crippen molar-refractivity contribution >= 4 is 11.6 Å². The van der Waals surface area contributed by atoms with Crippen molar-refractivity contribution in [1.82, 2.24) is 4.90 Å². The number of nitrogens with zero attached hydrogens (tertiary/aromatic N) is 1. The zero-order valence-corrected chi connectivity index (χ0v) is 13.6. The van der Waals surface area contributed by atoms with Gasteiger partial charge in [-0.15, -0.1) is 0 Å². The first-order valence-corrected chi connectivity index (χ1v) is 7.86. The first kappa shape index (κ1) is 16.6. The molecule has 3 N–H and O–H groups in total. The van der Waals surface area contributed by atoms with E-state index < -0.39 is 0 Å². The van der Waals surface area contributed by atoms with Crippen LogP contribution in [0.15, 0.2) is 12.1 Å². The molecule has 0 aromatic heterocycles. The minimum Gasteiger partial charge on any atom is -0.506 e. The molecule has 1 saturated heterocycles. The van der Waals surface area contributed by atoms with Crippen LogP contribution >= 0.6 is 0 Å². The van der Waals surface area contributed by atoms with Gasteiger partial charge >= 0.3 is 0 Å². The lowest BCUT2D eigenvalue weighted by atomic mass is 9.86. The van der Waals surface area contributed by atoms with E-state index in [4.69, 9.17) is 0 Å². The number of carbonyl (C=O) groups is 1. The Bertz CT molecular complexity index is 544. The van der Waals surface area contributed by atoms with Crippen molar-refractivity contribution in [3.05, 3.63) is 17.7 Å². The molecular formula is C17H26N2O3. The Labute approximate surface area is 131 Å². The van der Waals surface area contributed by atoms with Crippen LogP contribution < -0.4 is 5.32 Å². The fourth-order valence-corrected chi connectivity index (χ4v) is 2.81. The standard InChI is InChI=1S/C17H26N2O3/c1-17(2,3)12-7-8-13(20)15(16(12)22)18-14(21)11-19-9-5-4-6-10-19/h7-8,20,22H,4-6,9-11H2,1-3H3,(H,18,21). The SMILES string of the molecule is CC(C)(C)c1ccc(O)c(NC(=O)CN2CCCCC2)c1O. The first-order valence-electron chi connectivity index (χ1n) is 7.86. The summed E-state index contributed by atoms with van der Waals surface area (Å²) >= 11 is 0. The lowest BCUT2D eigenvalue weighted by Crippen LogP contribution is -2.36. The maximum Gasteiger partial charge on any atom is 0.238 e. The number of piperidine rings is 1. The van der Waals surface area contributed by atoms with Crippen molar-refractivity contribution in [2.75, 3.05) is 25.0 Å². The monoisotopic (exact) mass is 306 g/mol. The van der Waals surface area contributed by atoms with Gasteiger partial charge in [0, 0.05) is 5.56 Å². The number of hydrogen-bond donors (Lipinski definition) is 3. The van der Waals surface area contributed by atoms with Crippen molar-refractivity contribution in [2.24, 2.45) is 0 Å². The number of benzene rings is 1. The van der Waals surface area contributed by atoms with Crippen LogP contribution in [0.5, 0.6) is 11.5 Å². The van der Waals surface area contributed by atoms with E-state index in [9.17, 15) is 15.0 Å². The predicted octanol–water partition coefficient (Wildman–Crippen LogP) is 2.82. The third-order valence-electron chi connectivity index (χ3n) is 4.04. The highest BCUT2D eigenvalue weighted by molar-refractivity contribution is 5.95. The van der Waals surface area contributed by atoms with Crippen molar-refractivity contribution < 1.29 is 15.0 Å². The maximum absolute atomic E-state index is 12.2. The van der Waals surface area contributed by atoms with Crippen LogP contribution in [-0.4, -0.2) is 40.7 Å². The van der Waals surface area contributed by atoms with Gasteiger partial charge in [-0.1, -0.05) is 33.3 Å². The highest BCUT2D eigenvalue weighted by atomic mass is 16.3. The molecule has 1 aromatic carbocycles. The number of phenols is 2. The summed E-state index contributed by atoms with van der Waals surface area (Å²) in [5.74, 6) is -0.379. The third-order valence-corrected chi connectivity index (χ3v) is 4.04. The van der Waals surface area contributed by atoms with E-state index in [1.54, 1.807) is 6.07 Å². The van der Waals surface area contributed by atoms with Gasteiger partial charge in [-0.2, -0.15) is 0 Å². The average molecular weight is 306 g/mol. The van der Waals surface area contributed by atoms with E-state index in [1.165, 1.54) is 12.5 Å². The number of rotatable bonds is 3. The summed E-state index contributed by atoms with van der Waals surface area (Å²) in [7, 11) is 0. The summed E-state index contributed by atoms with van der Waals surface area (Å²) in [6.45, 7) is 8.05. The van der Waals surface area contributed by atoms with Crippen molar-refractivity contribution in [3.63, 3.8) is 0 Å². The lowest BCUT2D eigenvalue weighted by molar-refractivity contribution is -0.117. The summed E-state index contributed by atoms with van der Waals surface area (Å²) in [6.07, 6.45) is 3.44. The van der Waals surface area contributed by atoms with Crippen molar-refractivity contribution in [2.45, 2.75) is 45.4 Å². The highest BCUT2D eigenvalue weighted by Gasteiger charge is 2.23. The molecule has 0 aliphatic carbocycles. The van der Waals surface area contributed by atoms with Crippen LogP contribution in [0.25, 0.3) is 0 Å². The lowest BCUT2D eigenvalue weighted by Gasteiger charge is -2.26. The highest BCUT2D eigenvalue weighted by Crippen LogP contribution is 2.41. The van der Waals surface area contributed by atoms with Gasteiger partial charge in [-0.25, -0.2) is 0 Å². The van der Waals surface area contributed by atoms with E-state index in [1.807, 2.05) is 20.8 Å². The average Bonchev–Trinajstić information content (AvgIpc) is 2.43. The summed E-state index contributed by atoms with van der Waals surface area (Å²) in [4.78, 5) is 14.3. The van der Waals surface area contributed by atoms with Crippen LogP contribution in [0.2, 0.25) is 0 Å². The molecule has 0 radical (unpaired) electrons. The van der Waals surface area contributed by atoms with Crippen LogP contribution in [0.3, 0.4) is 0 Å². The van der Waals surface area contributed by atoms with Gasteiger partial charge in [0.25, 0.3) is 0 Å². The van der Waals surface area contributed by atoms with Gasteiger partial charge < -0.3 is 15.5 Å². The third kappa shape index (κ3) is 3.91. The minimum absolute atomic E-state index is 0.0560. The van der Waals surface area contributed by atoms with Crippen LogP contribution in [0, 0.1) is 0 Å². The number of carbonyl (C=O) groups excluding carboxylic acids is 1. The van der Waals surface area contributed by atoms with Gasteiger partial charge in [0.1, 0.15) is 17.2 Å².